The zero-order valence-corrected chi connectivity index (χ0v) is 11.6. The molecule has 0 radical (unpaired) electrons. The number of aromatic nitrogens is 3. The smallest absolute Gasteiger partial charge is 0.154 e. The molecule has 0 saturated heterocycles. The molecule has 0 unspecified atom stereocenters. The van der Waals surface area contributed by atoms with Gasteiger partial charge in [-0.2, -0.15) is 0 Å². The maximum atomic E-state index is 9.34. The van der Waals surface area contributed by atoms with Gasteiger partial charge in [-0.15, -0.1) is 0 Å². The number of aryl methyl sites for hydroxylation is 1. The van der Waals surface area contributed by atoms with Crippen molar-refractivity contribution in [2.45, 2.75) is 45.6 Å². The second-order valence-electron chi connectivity index (χ2n) is 4.31. The third kappa shape index (κ3) is 2.10. The van der Waals surface area contributed by atoms with Crippen LogP contribution in [0.2, 0.25) is 5.15 Å². The fraction of sp³-hybridized carbons (Fsp3) is 0.538. The number of rotatable bonds is 1. The molecular formula is C13H18ClN3O. The highest BCUT2D eigenvalue weighted by molar-refractivity contribution is 6.32. The van der Waals surface area contributed by atoms with Crippen molar-refractivity contribution in [2.75, 3.05) is 0 Å². The van der Waals surface area contributed by atoms with Gasteiger partial charge in [0.05, 0.1) is 11.8 Å². The Morgan fingerprint density at radius 2 is 2.06 bits per heavy atom. The van der Waals surface area contributed by atoms with E-state index in [1.54, 1.807) is 6.20 Å². The summed E-state index contributed by atoms with van der Waals surface area (Å²) in [5.41, 5.74) is 1.77. The van der Waals surface area contributed by atoms with Gasteiger partial charge < -0.3 is 5.11 Å². The van der Waals surface area contributed by atoms with E-state index < -0.39 is 0 Å². The van der Waals surface area contributed by atoms with Crippen LogP contribution in [-0.2, 0) is 0 Å². The maximum absolute atomic E-state index is 9.34. The van der Waals surface area contributed by atoms with E-state index in [0.717, 1.165) is 29.9 Å². The Bertz CT molecular complexity index is 546. The first-order valence-corrected chi connectivity index (χ1v) is 6.71. The highest BCUT2D eigenvalue weighted by atomic mass is 35.5. The van der Waals surface area contributed by atoms with Gasteiger partial charge in [-0.3, -0.25) is 4.40 Å². The Balaban J connectivity index is 0.000000574. The Kier molecular flexibility index (Phi) is 3.88. The SMILES string of the molecule is CC.Cc1nc(C2CC(O)C2)n2ccnc(Cl)c12. The molecule has 3 rings (SSSR count). The van der Waals surface area contributed by atoms with Crippen LogP contribution in [0.4, 0.5) is 0 Å². The number of aliphatic hydroxyl groups excluding tert-OH is 1. The molecule has 2 heterocycles. The van der Waals surface area contributed by atoms with Gasteiger partial charge in [-0.1, -0.05) is 25.4 Å². The van der Waals surface area contributed by atoms with Crippen LogP contribution in [0.3, 0.4) is 0 Å². The summed E-state index contributed by atoms with van der Waals surface area (Å²) in [5, 5.41) is 9.82. The summed E-state index contributed by atoms with van der Waals surface area (Å²) in [6, 6.07) is 0. The summed E-state index contributed by atoms with van der Waals surface area (Å²) in [6.45, 7) is 5.93. The van der Waals surface area contributed by atoms with Crippen molar-refractivity contribution in [2.24, 2.45) is 0 Å². The van der Waals surface area contributed by atoms with Crippen molar-refractivity contribution in [3.63, 3.8) is 0 Å². The second kappa shape index (κ2) is 5.24. The largest absolute Gasteiger partial charge is 0.393 e. The normalized spacial score (nSPS) is 22.3. The molecule has 0 spiro atoms. The standard InChI is InChI=1S/C11H12ClN3O.C2H6/c1-6-9-10(12)13-2-3-15(9)11(14-6)7-4-8(16)5-7;1-2/h2-3,7-8,16H,4-5H2,1H3;1-2H3. The van der Waals surface area contributed by atoms with Crippen molar-refractivity contribution in [3.05, 3.63) is 29.1 Å². The summed E-state index contributed by atoms with van der Waals surface area (Å²) in [5.74, 6) is 1.33. The van der Waals surface area contributed by atoms with Crippen molar-refractivity contribution in [3.8, 4) is 0 Å². The van der Waals surface area contributed by atoms with Crippen LogP contribution in [0.5, 0.6) is 0 Å². The summed E-state index contributed by atoms with van der Waals surface area (Å²) >= 11 is 6.05. The van der Waals surface area contributed by atoms with Crippen molar-refractivity contribution >= 4 is 17.1 Å². The average Bonchev–Trinajstić information content (AvgIpc) is 2.67. The van der Waals surface area contributed by atoms with Crippen molar-refractivity contribution in [1.82, 2.24) is 14.4 Å². The van der Waals surface area contributed by atoms with Gasteiger partial charge in [0.2, 0.25) is 0 Å². The lowest BCUT2D eigenvalue weighted by Gasteiger charge is -2.30. The molecule has 2 aromatic rings. The van der Waals surface area contributed by atoms with Crippen LogP contribution in [0.1, 0.15) is 44.1 Å². The van der Waals surface area contributed by atoms with Gasteiger partial charge in [-0.25, -0.2) is 9.97 Å². The number of hydrogen-bond donors (Lipinski definition) is 1. The average molecular weight is 268 g/mol. The van der Waals surface area contributed by atoms with E-state index in [4.69, 9.17) is 11.6 Å². The molecule has 1 saturated carbocycles. The molecular weight excluding hydrogens is 250 g/mol. The number of hydrogen-bond acceptors (Lipinski definition) is 3. The van der Waals surface area contributed by atoms with Gasteiger partial charge in [0.1, 0.15) is 11.3 Å². The predicted octanol–water partition coefficient (Wildman–Crippen LogP) is 2.96. The van der Waals surface area contributed by atoms with E-state index in [1.165, 1.54) is 0 Å². The van der Waals surface area contributed by atoms with Gasteiger partial charge in [0.25, 0.3) is 0 Å². The molecule has 1 fully saturated rings. The van der Waals surface area contributed by atoms with E-state index in [2.05, 4.69) is 9.97 Å². The Hall–Kier alpha value is -1.13. The molecule has 1 N–H and O–H groups in total. The fourth-order valence-corrected chi connectivity index (χ4v) is 2.56. The van der Waals surface area contributed by atoms with E-state index in [9.17, 15) is 5.11 Å². The molecule has 0 aliphatic heterocycles. The maximum Gasteiger partial charge on any atom is 0.154 e. The Morgan fingerprint density at radius 3 is 2.67 bits per heavy atom. The minimum atomic E-state index is -0.171. The summed E-state index contributed by atoms with van der Waals surface area (Å²) < 4.78 is 1.99. The lowest BCUT2D eigenvalue weighted by molar-refractivity contribution is 0.0715. The van der Waals surface area contributed by atoms with Crippen molar-refractivity contribution < 1.29 is 5.11 Å². The summed E-state index contributed by atoms with van der Waals surface area (Å²) in [6.07, 6.45) is 4.96. The number of nitrogens with zero attached hydrogens (tertiary/aromatic N) is 3. The third-order valence-corrected chi connectivity index (χ3v) is 3.47. The molecule has 1 aliphatic rings. The Morgan fingerprint density at radius 1 is 1.39 bits per heavy atom. The third-order valence-electron chi connectivity index (χ3n) is 3.19. The predicted molar refractivity (Wildman–Crippen MR) is 72.1 cm³/mol. The van der Waals surface area contributed by atoms with E-state index in [0.29, 0.717) is 11.1 Å². The molecule has 98 valence electrons. The molecule has 18 heavy (non-hydrogen) atoms. The lowest BCUT2D eigenvalue weighted by atomic mass is 9.82. The highest BCUT2D eigenvalue weighted by Crippen LogP contribution is 2.37. The topological polar surface area (TPSA) is 50.4 Å². The number of fused-ring (bicyclic) bond motifs is 1. The van der Waals surface area contributed by atoms with Crippen LogP contribution in [0.25, 0.3) is 5.52 Å². The molecule has 0 aromatic carbocycles. The van der Waals surface area contributed by atoms with E-state index in [-0.39, 0.29) is 6.10 Å². The van der Waals surface area contributed by atoms with Crippen LogP contribution >= 0.6 is 11.6 Å². The monoisotopic (exact) mass is 267 g/mol. The fourth-order valence-electron chi connectivity index (χ4n) is 2.28. The minimum absolute atomic E-state index is 0.171. The molecule has 4 nitrogen and oxygen atoms in total. The molecule has 0 amide bonds. The van der Waals surface area contributed by atoms with Gasteiger partial charge in [0, 0.05) is 18.3 Å². The molecule has 1 aliphatic carbocycles. The number of aliphatic hydroxyl groups is 1. The lowest BCUT2D eigenvalue weighted by Crippen LogP contribution is -2.27. The zero-order valence-electron chi connectivity index (χ0n) is 10.9. The molecule has 5 heteroatoms. The molecule has 0 bridgehead atoms. The number of imidazole rings is 1. The molecule has 2 aromatic heterocycles. The van der Waals surface area contributed by atoms with E-state index in [1.807, 2.05) is 31.4 Å². The van der Waals surface area contributed by atoms with Gasteiger partial charge in [0.15, 0.2) is 5.15 Å². The summed E-state index contributed by atoms with van der Waals surface area (Å²) in [7, 11) is 0. The first kappa shape index (κ1) is 13.3. The van der Waals surface area contributed by atoms with Gasteiger partial charge >= 0.3 is 0 Å². The highest BCUT2D eigenvalue weighted by Gasteiger charge is 2.32. The van der Waals surface area contributed by atoms with Crippen LogP contribution < -0.4 is 0 Å². The van der Waals surface area contributed by atoms with Crippen LogP contribution in [0, 0.1) is 6.92 Å². The zero-order chi connectivity index (χ0) is 13.3. The number of halogens is 1. The first-order valence-electron chi connectivity index (χ1n) is 6.34. The molecule has 0 atom stereocenters. The van der Waals surface area contributed by atoms with Crippen molar-refractivity contribution in [1.29, 1.82) is 0 Å². The van der Waals surface area contributed by atoms with Gasteiger partial charge in [-0.05, 0) is 19.8 Å². The second-order valence-corrected chi connectivity index (χ2v) is 4.67. The first-order chi connectivity index (χ1) is 8.66. The van der Waals surface area contributed by atoms with Crippen LogP contribution in [-0.4, -0.2) is 25.6 Å². The minimum Gasteiger partial charge on any atom is -0.393 e. The Labute approximate surface area is 112 Å². The quantitative estimate of drug-likeness (QED) is 0.864. The van der Waals surface area contributed by atoms with Crippen LogP contribution in [0.15, 0.2) is 12.4 Å². The van der Waals surface area contributed by atoms with E-state index >= 15 is 0 Å². The summed E-state index contributed by atoms with van der Waals surface area (Å²) in [4.78, 5) is 8.59.